The Morgan fingerprint density at radius 1 is 0.900 bits per heavy atom. The first-order chi connectivity index (χ1) is 9.25. The molecule has 2 aromatic rings. The van der Waals surface area contributed by atoms with Crippen molar-refractivity contribution >= 4 is 23.9 Å². The molecule has 0 amide bonds. The van der Waals surface area contributed by atoms with E-state index < -0.39 is 0 Å². The second-order valence-corrected chi connectivity index (χ2v) is 8.70. The molecular formula is C18H22OSe. The van der Waals surface area contributed by atoms with Crippen LogP contribution in [0.4, 0.5) is 0 Å². The number of hydrogen-bond acceptors (Lipinski definition) is 1. The van der Waals surface area contributed by atoms with Gasteiger partial charge in [0, 0.05) is 0 Å². The second-order valence-electron chi connectivity index (χ2n) is 6.36. The number of rotatable bonds is 2. The van der Waals surface area contributed by atoms with E-state index in [4.69, 9.17) is 0 Å². The van der Waals surface area contributed by atoms with Gasteiger partial charge in [0.05, 0.1) is 0 Å². The third-order valence-corrected chi connectivity index (χ3v) is 5.39. The summed E-state index contributed by atoms with van der Waals surface area (Å²) in [4.78, 5) is 0. The molecular weight excluding hydrogens is 311 g/mol. The topological polar surface area (TPSA) is 20.2 Å². The number of phenolic OH excluding ortho intramolecular Hbond substituents is 1. The summed E-state index contributed by atoms with van der Waals surface area (Å²) >= 11 is 0.141. The Kier molecular flexibility index (Phi) is 4.27. The second kappa shape index (κ2) is 5.63. The first-order valence-corrected chi connectivity index (χ1v) is 8.57. The Balaban J connectivity index is 2.37. The molecule has 0 aliphatic carbocycles. The van der Waals surface area contributed by atoms with Crippen LogP contribution in [-0.2, 0) is 5.41 Å². The quantitative estimate of drug-likeness (QED) is 0.838. The van der Waals surface area contributed by atoms with Gasteiger partial charge in [-0.15, -0.1) is 0 Å². The third-order valence-electron chi connectivity index (χ3n) is 3.25. The summed E-state index contributed by atoms with van der Waals surface area (Å²) in [7, 11) is 0. The van der Waals surface area contributed by atoms with E-state index in [1.54, 1.807) is 0 Å². The van der Waals surface area contributed by atoms with Crippen molar-refractivity contribution in [2.75, 3.05) is 0 Å². The molecule has 0 atom stereocenters. The molecule has 106 valence electrons. The molecule has 0 saturated heterocycles. The van der Waals surface area contributed by atoms with Crippen LogP contribution in [0.15, 0.2) is 36.4 Å². The molecule has 0 aliphatic rings. The van der Waals surface area contributed by atoms with Gasteiger partial charge in [-0.3, -0.25) is 0 Å². The molecule has 0 spiro atoms. The van der Waals surface area contributed by atoms with E-state index in [0.717, 1.165) is 4.46 Å². The van der Waals surface area contributed by atoms with Crippen molar-refractivity contribution in [3.8, 4) is 5.75 Å². The van der Waals surface area contributed by atoms with Crippen molar-refractivity contribution in [2.45, 2.75) is 40.0 Å². The number of aryl methyl sites for hydroxylation is 2. The molecule has 0 radical (unpaired) electrons. The van der Waals surface area contributed by atoms with E-state index in [2.05, 4.69) is 58.9 Å². The SMILES string of the molecule is Cc1cc(C)cc([Se]c2cc(C(C)(C)C)ccc2O)c1. The summed E-state index contributed by atoms with van der Waals surface area (Å²) in [6.45, 7) is 10.9. The molecule has 1 nitrogen and oxygen atoms in total. The number of aromatic hydroxyl groups is 1. The van der Waals surface area contributed by atoms with Crippen LogP contribution in [0.25, 0.3) is 0 Å². The summed E-state index contributed by atoms with van der Waals surface area (Å²) in [5.74, 6) is 0.414. The Labute approximate surface area is 128 Å². The summed E-state index contributed by atoms with van der Waals surface area (Å²) < 4.78 is 2.38. The van der Waals surface area contributed by atoms with Crippen LogP contribution in [0.5, 0.6) is 5.75 Å². The molecule has 0 bridgehead atoms. The van der Waals surface area contributed by atoms with Crippen molar-refractivity contribution in [1.29, 1.82) is 0 Å². The Hall–Kier alpha value is -1.24. The zero-order valence-electron chi connectivity index (χ0n) is 12.8. The zero-order valence-corrected chi connectivity index (χ0v) is 14.5. The van der Waals surface area contributed by atoms with Crippen LogP contribution in [-0.4, -0.2) is 20.1 Å². The van der Waals surface area contributed by atoms with Crippen molar-refractivity contribution in [3.05, 3.63) is 53.1 Å². The average Bonchev–Trinajstić information content (AvgIpc) is 2.29. The van der Waals surface area contributed by atoms with Gasteiger partial charge < -0.3 is 0 Å². The molecule has 1 N–H and O–H groups in total. The fourth-order valence-electron chi connectivity index (χ4n) is 2.18. The van der Waals surface area contributed by atoms with Crippen molar-refractivity contribution in [2.24, 2.45) is 0 Å². The maximum atomic E-state index is 10.1. The first kappa shape index (κ1) is 15.2. The summed E-state index contributed by atoms with van der Waals surface area (Å²) in [6.07, 6.45) is 0. The standard InChI is InChI=1S/C18H22OSe/c1-12-8-13(2)10-15(9-12)20-17-11-14(18(3,4)5)6-7-16(17)19/h6-11,19H,1-5H3. The molecule has 2 rings (SSSR count). The molecule has 20 heavy (non-hydrogen) atoms. The Morgan fingerprint density at radius 2 is 1.50 bits per heavy atom. The Morgan fingerprint density at radius 3 is 2.05 bits per heavy atom. The van der Waals surface area contributed by atoms with Gasteiger partial charge in [0.15, 0.2) is 0 Å². The van der Waals surface area contributed by atoms with Gasteiger partial charge in [-0.25, -0.2) is 0 Å². The van der Waals surface area contributed by atoms with Gasteiger partial charge in [0.1, 0.15) is 0 Å². The minimum atomic E-state index is 0.112. The third kappa shape index (κ3) is 3.65. The zero-order chi connectivity index (χ0) is 14.9. The predicted molar refractivity (Wildman–Crippen MR) is 87.7 cm³/mol. The molecule has 0 saturated carbocycles. The number of hydrogen-bond donors (Lipinski definition) is 1. The fraction of sp³-hybridized carbons (Fsp3) is 0.333. The van der Waals surface area contributed by atoms with E-state index in [9.17, 15) is 5.11 Å². The van der Waals surface area contributed by atoms with Gasteiger partial charge in [-0.1, -0.05) is 0 Å². The van der Waals surface area contributed by atoms with Crippen LogP contribution < -0.4 is 8.92 Å². The Bertz CT molecular complexity index is 604. The average molecular weight is 333 g/mol. The molecule has 0 aliphatic heterocycles. The van der Waals surface area contributed by atoms with E-state index in [-0.39, 0.29) is 20.4 Å². The van der Waals surface area contributed by atoms with Crippen LogP contribution in [0, 0.1) is 13.8 Å². The summed E-state index contributed by atoms with van der Waals surface area (Å²) in [5.41, 5.74) is 3.96. The van der Waals surface area contributed by atoms with Gasteiger partial charge in [0.25, 0.3) is 0 Å². The van der Waals surface area contributed by atoms with Crippen molar-refractivity contribution in [3.63, 3.8) is 0 Å². The fourth-order valence-corrected chi connectivity index (χ4v) is 4.49. The van der Waals surface area contributed by atoms with Crippen LogP contribution in [0.3, 0.4) is 0 Å². The van der Waals surface area contributed by atoms with Crippen molar-refractivity contribution < 1.29 is 5.11 Å². The van der Waals surface area contributed by atoms with E-state index in [1.807, 2.05) is 12.1 Å². The molecule has 0 fully saturated rings. The van der Waals surface area contributed by atoms with E-state index >= 15 is 0 Å². The predicted octanol–water partition coefficient (Wildman–Crippen LogP) is 2.96. The van der Waals surface area contributed by atoms with E-state index in [1.165, 1.54) is 21.2 Å². The van der Waals surface area contributed by atoms with Crippen LogP contribution >= 0.6 is 0 Å². The van der Waals surface area contributed by atoms with Crippen LogP contribution in [0.1, 0.15) is 37.5 Å². The molecule has 2 aromatic carbocycles. The molecule has 2 heteroatoms. The van der Waals surface area contributed by atoms with Gasteiger partial charge >= 0.3 is 128 Å². The number of benzene rings is 2. The molecule has 0 unspecified atom stereocenters. The monoisotopic (exact) mass is 334 g/mol. The molecule has 0 aromatic heterocycles. The van der Waals surface area contributed by atoms with E-state index in [0.29, 0.717) is 5.75 Å². The van der Waals surface area contributed by atoms with Gasteiger partial charge in [-0.05, 0) is 0 Å². The molecule has 0 heterocycles. The summed E-state index contributed by atoms with van der Waals surface area (Å²) in [5, 5.41) is 10.1. The van der Waals surface area contributed by atoms with Crippen molar-refractivity contribution in [1.82, 2.24) is 0 Å². The van der Waals surface area contributed by atoms with Gasteiger partial charge in [-0.2, -0.15) is 0 Å². The summed E-state index contributed by atoms with van der Waals surface area (Å²) in [6, 6.07) is 12.6. The van der Waals surface area contributed by atoms with Gasteiger partial charge in [0.2, 0.25) is 0 Å². The first-order valence-electron chi connectivity index (χ1n) is 6.85. The van der Waals surface area contributed by atoms with Crippen LogP contribution in [0.2, 0.25) is 0 Å². The normalized spacial score (nSPS) is 11.7. The number of phenols is 1. The maximum absolute atomic E-state index is 10.1. The minimum absolute atomic E-state index is 0.112.